The maximum atomic E-state index is 11.3. The minimum Gasteiger partial charge on any atom is -0.423 e. The molecule has 0 bridgehead atoms. The fourth-order valence-electron chi connectivity index (χ4n) is 1.74. The normalized spacial score (nSPS) is 11.9. The Morgan fingerprint density at radius 2 is 1.94 bits per heavy atom. The molecule has 0 fully saturated rings. The lowest BCUT2D eigenvalue weighted by Crippen LogP contribution is -2.06. The molecule has 90 valence electrons. The molecule has 2 aromatic rings. The first kappa shape index (κ1) is 11.9. The van der Waals surface area contributed by atoms with Gasteiger partial charge in [0.1, 0.15) is 5.58 Å². The smallest absolute Gasteiger partial charge is 0.336 e. The number of fused-ring (bicyclic) bond motifs is 1. The summed E-state index contributed by atoms with van der Waals surface area (Å²) in [6, 6.07) is 6.55. The summed E-state index contributed by atoms with van der Waals surface area (Å²) in [5, 5.41) is 0.676. The molecule has 2 rings (SSSR count). The molecule has 0 saturated heterocycles. The quantitative estimate of drug-likeness (QED) is 0.762. The van der Waals surface area contributed by atoms with Crippen LogP contribution in [0.4, 0.5) is 0 Å². The van der Waals surface area contributed by atoms with Crippen molar-refractivity contribution in [2.24, 2.45) is 0 Å². The van der Waals surface area contributed by atoms with Crippen molar-refractivity contribution < 1.29 is 12.8 Å². The first-order valence-corrected chi connectivity index (χ1v) is 7.12. The summed E-state index contributed by atoms with van der Waals surface area (Å²) in [4.78, 5) is 11.3. The summed E-state index contributed by atoms with van der Waals surface area (Å²) in [5.41, 5.74) is 1.37. The molecule has 4 nitrogen and oxygen atoms in total. The van der Waals surface area contributed by atoms with Crippen molar-refractivity contribution >= 4 is 20.8 Å². The number of hydrogen-bond acceptors (Lipinski definition) is 4. The van der Waals surface area contributed by atoms with Gasteiger partial charge in [-0.25, -0.2) is 13.2 Å². The number of rotatable bonds is 2. The molecule has 0 amide bonds. The third-order valence-corrected chi connectivity index (χ3v) is 3.24. The van der Waals surface area contributed by atoms with Gasteiger partial charge in [-0.3, -0.25) is 0 Å². The molecule has 1 heterocycles. The maximum Gasteiger partial charge on any atom is 0.336 e. The predicted molar refractivity (Wildman–Crippen MR) is 65.8 cm³/mol. The molecule has 0 atom stereocenters. The van der Waals surface area contributed by atoms with Crippen molar-refractivity contribution in [2.45, 2.75) is 12.7 Å². The van der Waals surface area contributed by atoms with Crippen LogP contribution in [0.1, 0.15) is 11.1 Å². The van der Waals surface area contributed by atoms with Gasteiger partial charge in [0.05, 0.1) is 5.75 Å². The van der Waals surface area contributed by atoms with E-state index in [0.29, 0.717) is 16.5 Å². The van der Waals surface area contributed by atoms with E-state index in [1.807, 2.05) is 19.1 Å². The van der Waals surface area contributed by atoms with Crippen LogP contribution in [0.25, 0.3) is 11.0 Å². The van der Waals surface area contributed by atoms with Gasteiger partial charge in [0, 0.05) is 17.7 Å². The molecule has 0 aliphatic carbocycles. The molecule has 5 heteroatoms. The Balaban J connectivity index is 2.76. The van der Waals surface area contributed by atoms with Crippen molar-refractivity contribution in [1.82, 2.24) is 0 Å². The zero-order chi connectivity index (χ0) is 12.6. The van der Waals surface area contributed by atoms with Crippen LogP contribution in [0.15, 0.2) is 33.5 Å². The van der Waals surface area contributed by atoms with Gasteiger partial charge < -0.3 is 4.42 Å². The second-order valence-electron chi connectivity index (χ2n) is 4.16. The minimum absolute atomic E-state index is 0.154. The fraction of sp³-hybridized carbons (Fsp3) is 0.250. The molecule has 0 spiro atoms. The van der Waals surface area contributed by atoms with E-state index < -0.39 is 15.5 Å². The van der Waals surface area contributed by atoms with Crippen LogP contribution in [-0.4, -0.2) is 14.7 Å². The third-order valence-electron chi connectivity index (χ3n) is 2.40. The summed E-state index contributed by atoms with van der Waals surface area (Å²) < 4.78 is 27.6. The highest BCUT2D eigenvalue weighted by molar-refractivity contribution is 7.89. The topological polar surface area (TPSA) is 64.3 Å². The Labute approximate surface area is 98.8 Å². The average molecular weight is 252 g/mol. The Morgan fingerprint density at radius 1 is 1.24 bits per heavy atom. The lowest BCUT2D eigenvalue weighted by atomic mass is 10.1. The summed E-state index contributed by atoms with van der Waals surface area (Å²) in [6.45, 7) is 1.90. The molecule has 0 saturated carbocycles. The van der Waals surface area contributed by atoms with Gasteiger partial charge >= 0.3 is 5.63 Å². The highest BCUT2D eigenvalue weighted by Crippen LogP contribution is 2.20. The Hall–Kier alpha value is -1.62. The molecular weight excluding hydrogens is 240 g/mol. The zero-order valence-corrected chi connectivity index (χ0v) is 10.4. The predicted octanol–water partition coefficient (Wildman–Crippen LogP) is 1.65. The second kappa shape index (κ2) is 4.00. The van der Waals surface area contributed by atoms with E-state index >= 15 is 0 Å². The van der Waals surface area contributed by atoms with E-state index in [9.17, 15) is 13.2 Å². The zero-order valence-electron chi connectivity index (χ0n) is 9.56. The van der Waals surface area contributed by atoms with Gasteiger partial charge in [-0.05, 0) is 24.6 Å². The van der Waals surface area contributed by atoms with Crippen LogP contribution in [0.5, 0.6) is 0 Å². The van der Waals surface area contributed by atoms with Gasteiger partial charge in [0.15, 0.2) is 9.84 Å². The molecular formula is C12H12O4S. The highest BCUT2D eigenvalue weighted by Gasteiger charge is 2.11. The minimum atomic E-state index is -3.18. The lowest BCUT2D eigenvalue weighted by Gasteiger charge is -2.04. The van der Waals surface area contributed by atoms with E-state index in [0.717, 1.165) is 11.8 Å². The van der Waals surface area contributed by atoms with Gasteiger partial charge in [-0.1, -0.05) is 11.6 Å². The van der Waals surface area contributed by atoms with Gasteiger partial charge in [0.2, 0.25) is 0 Å². The summed E-state index contributed by atoms with van der Waals surface area (Å²) in [6.07, 6.45) is 1.14. The Morgan fingerprint density at radius 3 is 2.59 bits per heavy atom. The highest BCUT2D eigenvalue weighted by atomic mass is 32.2. The van der Waals surface area contributed by atoms with Crippen molar-refractivity contribution in [1.29, 1.82) is 0 Å². The Bertz CT molecular complexity index is 726. The first-order valence-electron chi connectivity index (χ1n) is 5.06. The molecule has 1 aromatic heterocycles. The maximum absolute atomic E-state index is 11.3. The molecule has 0 aliphatic heterocycles. The largest absolute Gasteiger partial charge is 0.423 e. The summed E-state index contributed by atoms with van der Waals surface area (Å²) in [5.74, 6) is -0.154. The van der Waals surface area contributed by atoms with E-state index in [1.54, 1.807) is 6.07 Å². The van der Waals surface area contributed by atoms with Crippen molar-refractivity contribution in [3.05, 3.63) is 45.8 Å². The van der Waals surface area contributed by atoms with Gasteiger partial charge in [-0.15, -0.1) is 0 Å². The number of aryl methyl sites for hydroxylation is 1. The third kappa shape index (κ3) is 2.74. The van der Waals surface area contributed by atoms with Crippen LogP contribution in [0.2, 0.25) is 0 Å². The van der Waals surface area contributed by atoms with Gasteiger partial charge in [-0.2, -0.15) is 0 Å². The number of sulfone groups is 1. The van der Waals surface area contributed by atoms with Crippen LogP contribution in [-0.2, 0) is 15.6 Å². The van der Waals surface area contributed by atoms with E-state index in [-0.39, 0.29) is 5.75 Å². The summed E-state index contributed by atoms with van der Waals surface area (Å²) in [7, 11) is -3.18. The number of hydrogen-bond donors (Lipinski definition) is 0. The molecule has 0 unspecified atom stereocenters. The van der Waals surface area contributed by atoms with Crippen LogP contribution >= 0.6 is 0 Å². The van der Waals surface area contributed by atoms with Crippen LogP contribution < -0.4 is 5.63 Å². The van der Waals surface area contributed by atoms with Crippen LogP contribution in [0.3, 0.4) is 0 Å². The molecule has 17 heavy (non-hydrogen) atoms. The number of benzene rings is 1. The van der Waals surface area contributed by atoms with E-state index in [1.165, 1.54) is 6.07 Å². The lowest BCUT2D eigenvalue weighted by molar-refractivity contribution is 0.559. The molecule has 0 N–H and O–H groups in total. The van der Waals surface area contributed by atoms with Crippen LogP contribution in [0, 0.1) is 6.92 Å². The first-order chi connectivity index (χ1) is 7.85. The summed E-state index contributed by atoms with van der Waals surface area (Å²) >= 11 is 0. The monoisotopic (exact) mass is 252 g/mol. The van der Waals surface area contributed by atoms with E-state index in [2.05, 4.69) is 0 Å². The van der Waals surface area contributed by atoms with Crippen molar-refractivity contribution in [3.8, 4) is 0 Å². The van der Waals surface area contributed by atoms with Gasteiger partial charge in [0.25, 0.3) is 0 Å². The second-order valence-corrected chi connectivity index (χ2v) is 6.30. The molecule has 0 aliphatic rings. The average Bonchev–Trinajstić information content (AvgIpc) is 2.16. The van der Waals surface area contributed by atoms with E-state index in [4.69, 9.17) is 4.42 Å². The molecule has 1 aromatic carbocycles. The SMILES string of the molecule is Cc1ccc2oc(=O)cc(CS(C)(=O)=O)c2c1. The van der Waals surface area contributed by atoms with Crippen molar-refractivity contribution in [2.75, 3.05) is 6.26 Å². The fourth-order valence-corrected chi connectivity index (χ4v) is 2.55. The van der Waals surface area contributed by atoms with Crippen molar-refractivity contribution in [3.63, 3.8) is 0 Å². The standard InChI is InChI=1S/C12H12O4S/c1-8-3-4-11-10(5-8)9(6-12(13)16-11)7-17(2,14)15/h3-6H,7H2,1-2H3. The Kier molecular flexibility index (Phi) is 2.79. The molecule has 0 radical (unpaired) electrons.